The van der Waals surface area contributed by atoms with Crippen LogP contribution in [0.4, 0.5) is 4.79 Å². The van der Waals surface area contributed by atoms with E-state index in [1.54, 1.807) is 20.8 Å². The monoisotopic (exact) mass is 355 g/mol. The first-order valence-corrected chi connectivity index (χ1v) is 8.03. The second kappa shape index (κ2) is 8.17. The maximum atomic E-state index is 12.0. The van der Waals surface area contributed by atoms with Gasteiger partial charge in [-0.2, -0.15) is 0 Å². The van der Waals surface area contributed by atoms with E-state index < -0.39 is 11.7 Å². The average Bonchev–Trinajstić information content (AvgIpc) is 2.41. The Balaban J connectivity index is 2.59. The Bertz CT molecular complexity index is 468. The lowest BCUT2D eigenvalue weighted by atomic mass is 9.96. The Morgan fingerprint density at radius 1 is 1.24 bits per heavy atom. The third-order valence-corrected chi connectivity index (χ3v) is 3.36. The van der Waals surface area contributed by atoms with E-state index in [9.17, 15) is 9.59 Å². The van der Waals surface area contributed by atoms with Crippen LogP contribution in [0, 0.1) is 5.92 Å². The van der Waals surface area contributed by atoms with Gasteiger partial charge in [0.15, 0.2) is 0 Å². The van der Waals surface area contributed by atoms with Gasteiger partial charge >= 0.3 is 6.09 Å². The molecular weight excluding hydrogens is 334 g/mol. The highest BCUT2D eigenvalue weighted by Crippen LogP contribution is 2.11. The van der Waals surface area contributed by atoms with Gasteiger partial charge in [-0.15, -0.1) is 0 Å². The Kier molecular flexibility index (Phi) is 6.89. The number of Topliss-reactive ketones (excluding diaryl/α,β-unsaturated/α-hetero) is 1. The number of alkyl halides is 1. The van der Waals surface area contributed by atoms with E-state index in [4.69, 9.17) is 4.74 Å². The van der Waals surface area contributed by atoms with E-state index in [1.807, 2.05) is 30.3 Å². The van der Waals surface area contributed by atoms with Gasteiger partial charge in [0.25, 0.3) is 0 Å². The van der Waals surface area contributed by atoms with Crippen molar-refractivity contribution >= 4 is 27.8 Å². The molecule has 0 saturated carbocycles. The fourth-order valence-electron chi connectivity index (χ4n) is 1.83. The smallest absolute Gasteiger partial charge is 0.407 e. The molecule has 0 saturated heterocycles. The number of rotatable bonds is 6. The SMILES string of the molecule is CC(C)(C)OC(=O)NC[C@H](Cc1ccccc1)C(=O)CBr. The van der Waals surface area contributed by atoms with Crippen molar-refractivity contribution in [2.24, 2.45) is 5.92 Å². The summed E-state index contributed by atoms with van der Waals surface area (Å²) in [5.41, 5.74) is 0.529. The van der Waals surface area contributed by atoms with E-state index in [0.29, 0.717) is 6.42 Å². The topological polar surface area (TPSA) is 55.4 Å². The maximum Gasteiger partial charge on any atom is 0.407 e. The van der Waals surface area contributed by atoms with E-state index in [2.05, 4.69) is 21.2 Å². The van der Waals surface area contributed by atoms with Crippen LogP contribution in [0.2, 0.25) is 0 Å². The zero-order valence-electron chi connectivity index (χ0n) is 12.7. The minimum absolute atomic E-state index is 0.0647. The van der Waals surface area contributed by atoms with Crippen LogP contribution in [-0.2, 0) is 16.0 Å². The van der Waals surface area contributed by atoms with Gasteiger partial charge in [0.2, 0.25) is 0 Å². The van der Waals surface area contributed by atoms with Crippen LogP contribution >= 0.6 is 15.9 Å². The van der Waals surface area contributed by atoms with Gasteiger partial charge in [-0.05, 0) is 32.8 Å². The number of halogens is 1. The average molecular weight is 356 g/mol. The molecule has 0 unspecified atom stereocenters. The lowest BCUT2D eigenvalue weighted by Gasteiger charge is -2.21. The van der Waals surface area contributed by atoms with E-state index in [-0.39, 0.29) is 23.6 Å². The summed E-state index contributed by atoms with van der Waals surface area (Å²) in [5.74, 6) is -0.200. The number of alkyl carbamates (subject to hydrolysis) is 1. The number of ether oxygens (including phenoxy) is 1. The Morgan fingerprint density at radius 2 is 1.86 bits per heavy atom. The molecule has 1 atom stereocenters. The molecule has 0 aliphatic rings. The Labute approximate surface area is 134 Å². The first kappa shape index (κ1) is 17.7. The number of nitrogens with one attached hydrogen (secondary N) is 1. The van der Waals surface area contributed by atoms with Crippen LogP contribution in [0.5, 0.6) is 0 Å². The van der Waals surface area contributed by atoms with Crippen molar-refractivity contribution in [1.29, 1.82) is 0 Å². The number of amides is 1. The van der Waals surface area contributed by atoms with Crippen molar-refractivity contribution in [3.05, 3.63) is 35.9 Å². The number of hydrogen-bond donors (Lipinski definition) is 1. The summed E-state index contributed by atoms with van der Waals surface area (Å²) in [4.78, 5) is 23.6. The van der Waals surface area contributed by atoms with Gasteiger partial charge in [-0.25, -0.2) is 4.79 Å². The molecular formula is C16H22BrNO3. The minimum atomic E-state index is -0.543. The number of hydrogen-bond acceptors (Lipinski definition) is 3. The van der Waals surface area contributed by atoms with E-state index >= 15 is 0 Å². The number of carbonyl (C=O) groups is 2. The Hall–Kier alpha value is -1.36. The fourth-order valence-corrected chi connectivity index (χ4v) is 2.29. The first-order chi connectivity index (χ1) is 9.81. The van der Waals surface area contributed by atoms with Crippen LogP contribution in [0.15, 0.2) is 30.3 Å². The molecule has 4 nitrogen and oxygen atoms in total. The molecule has 1 N–H and O–H groups in total. The van der Waals surface area contributed by atoms with Gasteiger partial charge in [0.05, 0.1) is 5.33 Å². The molecule has 0 aliphatic heterocycles. The van der Waals surface area contributed by atoms with Crippen molar-refractivity contribution in [3.63, 3.8) is 0 Å². The molecule has 1 rings (SSSR count). The Morgan fingerprint density at radius 3 is 2.38 bits per heavy atom. The summed E-state index contributed by atoms with van der Waals surface area (Å²) < 4.78 is 5.18. The summed E-state index contributed by atoms with van der Waals surface area (Å²) in [6.07, 6.45) is 0.101. The lowest BCUT2D eigenvalue weighted by molar-refractivity contribution is -0.120. The zero-order valence-corrected chi connectivity index (χ0v) is 14.3. The van der Waals surface area contributed by atoms with Gasteiger partial charge in [-0.3, -0.25) is 4.79 Å². The molecule has 1 amide bonds. The van der Waals surface area contributed by atoms with Crippen molar-refractivity contribution in [2.75, 3.05) is 11.9 Å². The highest BCUT2D eigenvalue weighted by atomic mass is 79.9. The van der Waals surface area contributed by atoms with Gasteiger partial charge < -0.3 is 10.1 Å². The normalized spacial score (nSPS) is 12.6. The summed E-state index contributed by atoms with van der Waals surface area (Å²) >= 11 is 3.19. The van der Waals surface area contributed by atoms with Crippen molar-refractivity contribution in [1.82, 2.24) is 5.32 Å². The third kappa shape index (κ3) is 7.27. The highest BCUT2D eigenvalue weighted by Gasteiger charge is 2.21. The first-order valence-electron chi connectivity index (χ1n) is 6.91. The summed E-state index contributed by atoms with van der Waals surface area (Å²) in [7, 11) is 0. The minimum Gasteiger partial charge on any atom is -0.444 e. The zero-order chi connectivity index (χ0) is 15.9. The van der Waals surface area contributed by atoms with Crippen LogP contribution < -0.4 is 5.32 Å². The van der Waals surface area contributed by atoms with Gasteiger partial charge in [0, 0.05) is 12.5 Å². The molecule has 0 radical (unpaired) electrons. The third-order valence-electron chi connectivity index (χ3n) is 2.80. The van der Waals surface area contributed by atoms with Gasteiger partial charge in [0.1, 0.15) is 11.4 Å². The van der Waals surface area contributed by atoms with Crippen molar-refractivity contribution in [2.45, 2.75) is 32.8 Å². The van der Waals surface area contributed by atoms with E-state index in [1.165, 1.54) is 0 Å². The molecule has 21 heavy (non-hydrogen) atoms. The molecule has 0 aliphatic carbocycles. The maximum absolute atomic E-state index is 12.0. The largest absolute Gasteiger partial charge is 0.444 e. The number of benzene rings is 1. The molecule has 5 heteroatoms. The lowest BCUT2D eigenvalue weighted by Crippen LogP contribution is -2.38. The quantitative estimate of drug-likeness (QED) is 0.796. The number of ketones is 1. The molecule has 0 spiro atoms. The predicted molar refractivity (Wildman–Crippen MR) is 86.7 cm³/mol. The standard InChI is InChI=1S/C16H22BrNO3/c1-16(2,3)21-15(20)18-11-13(14(19)10-17)9-12-7-5-4-6-8-12/h4-8,13H,9-11H2,1-3H3,(H,18,20)/t13-/m0/s1. The van der Waals surface area contributed by atoms with Crippen molar-refractivity contribution in [3.8, 4) is 0 Å². The molecule has 0 bridgehead atoms. The van der Waals surface area contributed by atoms with Crippen LogP contribution in [0.25, 0.3) is 0 Å². The van der Waals surface area contributed by atoms with Crippen molar-refractivity contribution < 1.29 is 14.3 Å². The summed E-state index contributed by atoms with van der Waals surface area (Å²) in [6, 6.07) is 9.76. The van der Waals surface area contributed by atoms with Gasteiger partial charge in [-0.1, -0.05) is 46.3 Å². The highest BCUT2D eigenvalue weighted by molar-refractivity contribution is 9.09. The van der Waals surface area contributed by atoms with Crippen LogP contribution in [-0.4, -0.2) is 29.4 Å². The molecule has 0 heterocycles. The summed E-state index contributed by atoms with van der Waals surface area (Å²) in [6.45, 7) is 5.68. The molecule has 1 aromatic rings. The molecule has 116 valence electrons. The second-order valence-corrected chi connectivity index (χ2v) is 6.43. The fraction of sp³-hybridized carbons (Fsp3) is 0.500. The number of carbonyl (C=O) groups excluding carboxylic acids is 2. The predicted octanol–water partition coefficient (Wildman–Crippen LogP) is 3.33. The van der Waals surface area contributed by atoms with Crippen LogP contribution in [0.3, 0.4) is 0 Å². The van der Waals surface area contributed by atoms with E-state index in [0.717, 1.165) is 5.56 Å². The molecule has 0 fully saturated rings. The second-order valence-electron chi connectivity index (χ2n) is 5.87. The summed E-state index contributed by atoms with van der Waals surface area (Å²) in [5, 5.41) is 2.95. The molecule has 1 aromatic carbocycles. The van der Waals surface area contributed by atoms with Crippen LogP contribution in [0.1, 0.15) is 26.3 Å². The molecule has 0 aromatic heterocycles.